The van der Waals surface area contributed by atoms with E-state index < -0.39 is 23.1 Å². The van der Waals surface area contributed by atoms with Crippen molar-refractivity contribution in [2.45, 2.75) is 24.8 Å². The highest BCUT2D eigenvalue weighted by molar-refractivity contribution is 6.31. The van der Waals surface area contributed by atoms with Gasteiger partial charge in [-0.2, -0.15) is 0 Å². The highest BCUT2D eigenvalue weighted by atomic mass is 35.5. The normalized spacial score (nSPS) is 17.4. The van der Waals surface area contributed by atoms with Gasteiger partial charge in [-0.15, -0.1) is 0 Å². The second kappa shape index (κ2) is 8.71. The van der Waals surface area contributed by atoms with E-state index in [-0.39, 0.29) is 5.41 Å². The van der Waals surface area contributed by atoms with Gasteiger partial charge in [-0.1, -0.05) is 41.4 Å². The summed E-state index contributed by atoms with van der Waals surface area (Å²) in [6.07, 6.45) is 1.62. The number of benzene rings is 3. The molecule has 0 atom stereocenters. The first-order valence-corrected chi connectivity index (χ1v) is 11.6. The first-order valence-electron chi connectivity index (χ1n) is 10.9. The molecule has 7 heteroatoms. The summed E-state index contributed by atoms with van der Waals surface area (Å²) in [6, 6.07) is 16.7. The number of fused-ring (bicyclic) bond motifs is 2. The Morgan fingerprint density at radius 3 is 2.27 bits per heavy atom. The molecule has 0 N–H and O–H groups in total. The minimum absolute atomic E-state index is 0.303. The Bertz CT molecular complexity index is 1200. The molecule has 3 aromatic rings. The van der Waals surface area contributed by atoms with Gasteiger partial charge in [0.05, 0.1) is 0 Å². The van der Waals surface area contributed by atoms with Crippen molar-refractivity contribution in [2.75, 3.05) is 24.5 Å². The fourth-order valence-corrected chi connectivity index (χ4v) is 5.50. The Morgan fingerprint density at radius 2 is 1.58 bits per heavy atom. The van der Waals surface area contributed by atoms with Gasteiger partial charge in [-0.25, -0.2) is 8.78 Å². The summed E-state index contributed by atoms with van der Waals surface area (Å²) < 4.78 is 28.8. The number of likely N-dealkylation sites (tertiary alicyclic amines) is 1. The lowest BCUT2D eigenvalue weighted by Gasteiger charge is -2.40. The molecule has 1 amide bonds. The topological polar surface area (TPSA) is 23.6 Å². The van der Waals surface area contributed by atoms with Crippen LogP contribution in [0.5, 0.6) is 0 Å². The minimum atomic E-state index is -0.854. The van der Waals surface area contributed by atoms with E-state index in [0.29, 0.717) is 17.3 Å². The zero-order valence-electron chi connectivity index (χ0n) is 17.8. The third-order valence-corrected chi connectivity index (χ3v) is 7.28. The van der Waals surface area contributed by atoms with E-state index in [2.05, 4.69) is 11.0 Å². The highest BCUT2D eigenvalue weighted by Crippen LogP contribution is 2.48. The molecular formula is C26H22Cl2F2N2O. The highest BCUT2D eigenvalue weighted by Gasteiger charge is 2.47. The number of anilines is 1. The number of hydrogen-bond donors (Lipinski definition) is 0. The van der Waals surface area contributed by atoms with Gasteiger partial charge in [0, 0.05) is 34.2 Å². The lowest BCUT2D eigenvalue weighted by atomic mass is 9.74. The molecule has 2 heterocycles. The van der Waals surface area contributed by atoms with Crippen LogP contribution in [0.25, 0.3) is 0 Å². The molecule has 170 valence electrons. The summed E-state index contributed by atoms with van der Waals surface area (Å²) in [4.78, 5) is 17.2. The van der Waals surface area contributed by atoms with E-state index in [1.165, 1.54) is 11.0 Å². The van der Waals surface area contributed by atoms with Gasteiger partial charge in [0.1, 0.15) is 17.2 Å². The minimum Gasteiger partial charge on any atom is -0.307 e. The van der Waals surface area contributed by atoms with Crippen molar-refractivity contribution in [1.29, 1.82) is 0 Å². The van der Waals surface area contributed by atoms with E-state index in [0.717, 1.165) is 60.8 Å². The second-order valence-electron chi connectivity index (χ2n) is 8.84. The van der Waals surface area contributed by atoms with Crippen molar-refractivity contribution in [2.24, 2.45) is 0 Å². The van der Waals surface area contributed by atoms with Gasteiger partial charge >= 0.3 is 0 Å². The number of halogens is 4. The van der Waals surface area contributed by atoms with Gasteiger partial charge in [0.2, 0.25) is 0 Å². The zero-order chi connectivity index (χ0) is 23.2. The molecule has 0 bridgehead atoms. The summed E-state index contributed by atoms with van der Waals surface area (Å²) >= 11 is 12.5. The monoisotopic (exact) mass is 486 g/mol. The van der Waals surface area contributed by atoms with Crippen LogP contribution in [0, 0.1) is 11.6 Å². The van der Waals surface area contributed by atoms with Crippen LogP contribution in [-0.4, -0.2) is 30.4 Å². The number of nitrogens with zero attached hydrogens (tertiary/aromatic N) is 2. The lowest BCUT2D eigenvalue weighted by molar-refractivity contribution is 0.0967. The first-order chi connectivity index (χ1) is 15.9. The predicted molar refractivity (Wildman–Crippen MR) is 127 cm³/mol. The van der Waals surface area contributed by atoms with Crippen molar-refractivity contribution >= 4 is 34.8 Å². The number of rotatable bonds is 3. The molecular weight excluding hydrogens is 465 g/mol. The van der Waals surface area contributed by atoms with Crippen LogP contribution in [-0.2, 0) is 12.0 Å². The Kier molecular flexibility index (Phi) is 5.89. The molecule has 0 aromatic heterocycles. The molecule has 5 rings (SSSR count). The van der Waals surface area contributed by atoms with Crippen molar-refractivity contribution < 1.29 is 13.6 Å². The molecule has 1 saturated heterocycles. The molecule has 3 nitrogen and oxygen atoms in total. The van der Waals surface area contributed by atoms with Gasteiger partial charge in [0.25, 0.3) is 5.91 Å². The van der Waals surface area contributed by atoms with Crippen molar-refractivity contribution in [1.82, 2.24) is 4.90 Å². The molecule has 3 aromatic carbocycles. The molecule has 2 aliphatic rings. The summed E-state index contributed by atoms with van der Waals surface area (Å²) in [5.41, 5.74) is 1.98. The number of carbonyl (C=O) groups is 1. The molecule has 2 aliphatic heterocycles. The summed E-state index contributed by atoms with van der Waals surface area (Å²) in [7, 11) is 0. The van der Waals surface area contributed by atoms with E-state index >= 15 is 0 Å². The second-order valence-corrected chi connectivity index (χ2v) is 9.71. The molecule has 0 aliphatic carbocycles. The number of amides is 1. The van der Waals surface area contributed by atoms with Gasteiger partial charge in [0.15, 0.2) is 0 Å². The van der Waals surface area contributed by atoms with Crippen molar-refractivity contribution in [3.8, 4) is 0 Å². The number of piperidine rings is 1. The Morgan fingerprint density at radius 1 is 0.909 bits per heavy atom. The zero-order valence-corrected chi connectivity index (χ0v) is 19.3. The van der Waals surface area contributed by atoms with Gasteiger partial charge < -0.3 is 4.90 Å². The van der Waals surface area contributed by atoms with Crippen LogP contribution < -0.4 is 4.90 Å². The molecule has 1 spiro atoms. The van der Waals surface area contributed by atoms with E-state index in [4.69, 9.17) is 23.2 Å². The molecule has 0 unspecified atom stereocenters. The number of hydrogen-bond acceptors (Lipinski definition) is 2. The summed E-state index contributed by atoms with van der Waals surface area (Å²) in [6.45, 7) is 2.82. The van der Waals surface area contributed by atoms with E-state index in [9.17, 15) is 13.6 Å². The average Bonchev–Trinajstić information content (AvgIpc) is 3.09. The third-order valence-electron chi connectivity index (χ3n) is 6.81. The Labute approximate surface area is 201 Å². The summed E-state index contributed by atoms with van der Waals surface area (Å²) in [5.74, 6) is -2.37. The largest absolute Gasteiger partial charge is 0.307 e. The Hall–Kier alpha value is -2.47. The Balaban J connectivity index is 1.42. The fourth-order valence-electron chi connectivity index (χ4n) is 5.12. The molecule has 0 radical (unpaired) electrons. The third kappa shape index (κ3) is 4.14. The van der Waals surface area contributed by atoms with Crippen LogP contribution in [0.4, 0.5) is 14.5 Å². The lowest BCUT2D eigenvalue weighted by Crippen LogP contribution is -2.46. The standard InChI is InChI=1S/C26H22Cl2F2N2O/c27-18-4-1-3-17(13-18)15-31-11-9-26(10-12-31)16-32(23-8-7-19(28)14-20(23)26)25(33)24-21(29)5-2-6-22(24)30/h1-8,13-14H,9-12,15-16H2. The van der Waals surface area contributed by atoms with Crippen LogP contribution in [0.2, 0.25) is 10.0 Å². The summed E-state index contributed by atoms with van der Waals surface area (Å²) in [5, 5.41) is 1.30. The van der Waals surface area contributed by atoms with Gasteiger partial charge in [-0.3, -0.25) is 9.69 Å². The maximum absolute atomic E-state index is 14.4. The fraction of sp³-hybridized carbons (Fsp3) is 0.269. The van der Waals surface area contributed by atoms with Crippen LogP contribution in [0.3, 0.4) is 0 Å². The van der Waals surface area contributed by atoms with E-state index in [1.54, 1.807) is 12.1 Å². The van der Waals surface area contributed by atoms with E-state index in [1.807, 2.05) is 24.3 Å². The smallest absolute Gasteiger partial charge is 0.264 e. The molecule has 0 saturated carbocycles. The molecule has 33 heavy (non-hydrogen) atoms. The van der Waals surface area contributed by atoms with Crippen molar-refractivity contribution in [3.63, 3.8) is 0 Å². The SMILES string of the molecule is O=C(c1c(F)cccc1F)N1CC2(CCN(Cc3cccc(Cl)c3)CC2)c2cc(Cl)ccc21. The van der Waals surface area contributed by atoms with Crippen LogP contribution >= 0.6 is 23.2 Å². The van der Waals surface area contributed by atoms with Crippen LogP contribution in [0.15, 0.2) is 60.7 Å². The molecule has 1 fully saturated rings. The van der Waals surface area contributed by atoms with Crippen LogP contribution in [0.1, 0.15) is 34.3 Å². The predicted octanol–water partition coefficient (Wildman–Crippen LogP) is 6.47. The first kappa shape index (κ1) is 22.3. The van der Waals surface area contributed by atoms with Gasteiger partial charge in [-0.05, 0) is 79.5 Å². The number of carbonyl (C=O) groups excluding carboxylic acids is 1. The van der Waals surface area contributed by atoms with Crippen molar-refractivity contribution in [3.05, 3.63) is 99.0 Å². The quantitative estimate of drug-likeness (QED) is 0.423. The maximum Gasteiger partial charge on any atom is 0.264 e. The maximum atomic E-state index is 14.4. The average molecular weight is 487 g/mol.